The molecule has 6 nitrogen and oxygen atoms in total. The Hall–Kier alpha value is -3.27. The lowest BCUT2D eigenvalue weighted by Gasteiger charge is -2.34. The predicted molar refractivity (Wildman–Crippen MR) is 125 cm³/mol. The molecule has 1 aliphatic rings. The largest absolute Gasteiger partial charge is 0.481 e. The summed E-state index contributed by atoms with van der Waals surface area (Å²) in [4.78, 5) is 6.29. The number of nitrogens with zero attached hydrogens (tertiary/aromatic N) is 4. The monoisotopic (exact) mass is 489 g/mol. The lowest BCUT2D eigenvalue weighted by molar-refractivity contribution is -0.138. The Kier molecular flexibility index (Phi) is 7.20. The van der Waals surface area contributed by atoms with Crippen LogP contribution in [-0.4, -0.2) is 41.4 Å². The summed E-state index contributed by atoms with van der Waals surface area (Å²) in [5.74, 6) is 0.418. The molecule has 0 unspecified atom stereocenters. The lowest BCUT2D eigenvalue weighted by Crippen LogP contribution is -2.43. The fourth-order valence-corrected chi connectivity index (χ4v) is 4.35. The molecule has 1 saturated heterocycles. The number of alkyl halides is 3. The topological polar surface area (TPSA) is 63.2 Å². The summed E-state index contributed by atoms with van der Waals surface area (Å²) in [6.07, 6.45) is -1.44. The summed E-state index contributed by atoms with van der Waals surface area (Å²) >= 11 is 0. The first-order valence-electron chi connectivity index (χ1n) is 11.4. The van der Waals surface area contributed by atoms with Gasteiger partial charge in [-0.25, -0.2) is 9.37 Å². The van der Waals surface area contributed by atoms with E-state index in [2.05, 4.69) is 25.4 Å². The van der Waals surface area contributed by atoms with E-state index in [9.17, 15) is 17.6 Å². The summed E-state index contributed by atoms with van der Waals surface area (Å²) in [6.45, 7) is 5.45. The van der Waals surface area contributed by atoms with Crippen molar-refractivity contribution in [3.05, 3.63) is 64.6 Å². The molecular weight excluding hydrogens is 462 g/mol. The maximum Gasteiger partial charge on any atom is 0.416 e. The number of ether oxygens (including phenoxy) is 1. The second kappa shape index (κ2) is 10.2. The van der Waals surface area contributed by atoms with Crippen molar-refractivity contribution in [1.29, 1.82) is 0 Å². The summed E-state index contributed by atoms with van der Waals surface area (Å²) in [5, 5.41) is 12.2. The Morgan fingerprint density at radius 1 is 1.06 bits per heavy atom. The molecule has 0 amide bonds. The third kappa shape index (κ3) is 5.53. The Balaban J connectivity index is 1.41. The van der Waals surface area contributed by atoms with Gasteiger partial charge in [0, 0.05) is 43.5 Å². The van der Waals surface area contributed by atoms with Crippen molar-refractivity contribution < 1.29 is 22.3 Å². The van der Waals surface area contributed by atoms with Crippen LogP contribution in [-0.2, 0) is 12.7 Å². The highest BCUT2D eigenvalue weighted by molar-refractivity contribution is 5.67. The molecule has 4 rings (SSSR count). The van der Waals surface area contributed by atoms with E-state index in [1.165, 1.54) is 6.07 Å². The molecule has 10 heteroatoms. The molecule has 0 atom stereocenters. The number of aromatic nitrogens is 3. The minimum Gasteiger partial charge on any atom is -0.481 e. The van der Waals surface area contributed by atoms with Crippen LogP contribution in [0.15, 0.2) is 36.5 Å². The van der Waals surface area contributed by atoms with Gasteiger partial charge in [0.2, 0.25) is 5.88 Å². The highest BCUT2D eigenvalue weighted by Gasteiger charge is 2.34. The first-order valence-corrected chi connectivity index (χ1v) is 11.4. The predicted octanol–water partition coefficient (Wildman–Crippen LogP) is 5.08. The third-order valence-corrected chi connectivity index (χ3v) is 6.47. The lowest BCUT2D eigenvalue weighted by atomic mass is 10.0. The highest BCUT2D eigenvalue weighted by atomic mass is 19.4. The summed E-state index contributed by atoms with van der Waals surface area (Å²) in [6, 6.07) is 6.54. The molecule has 3 aromatic rings. The van der Waals surface area contributed by atoms with Crippen LogP contribution in [0.1, 0.15) is 35.1 Å². The molecule has 0 spiro atoms. The first-order chi connectivity index (χ1) is 16.7. The van der Waals surface area contributed by atoms with Crippen LogP contribution in [0.4, 0.5) is 23.4 Å². The van der Waals surface area contributed by atoms with Gasteiger partial charge in [0.05, 0.1) is 18.4 Å². The van der Waals surface area contributed by atoms with Crippen molar-refractivity contribution in [1.82, 2.24) is 20.5 Å². The van der Waals surface area contributed by atoms with E-state index in [0.29, 0.717) is 25.0 Å². The minimum absolute atomic E-state index is 0.0296. The number of nitrogens with one attached hydrogen (secondary N) is 1. The third-order valence-electron chi connectivity index (χ3n) is 6.47. The number of rotatable bonds is 6. The van der Waals surface area contributed by atoms with Gasteiger partial charge >= 0.3 is 6.18 Å². The Labute approximate surface area is 201 Å². The van der Waals surface area contributed by atoms with Gasteiger partial charge < -0.3 is 15.0 Å². The van der Waals surface area contributed by atoms with Gasteiger partial charge in [-0.2, -0.15) is 13.2 Å². The van der Waals surface area contributed by atoms with E-state index in [4.69, 9.17) is 4.74 Å². The van der Waals surface area contributed by atoms with E-state index < -0.39 is 17.6 Å². The van der Waals surface area contributed by atoms with Crippen LogP contribution >= 0.6 is 0 Å². The fourth-order valence-electron chi connectivity index (χ4n) is 4.35. The molecule has 0 aliphatic carbocycles. The number of piperidine rings is 1. The highest BCUT2D eigenvalue weighted by Crippen LogP contribution is 2.33. The van der Waals surface area contributed by atoms with E-state index in [1.807, 2.05) is 26.0 Å². The number of methoxy groups -OCH3 is 1. The van der Waals surface area contributed by atoms with Gasteiger partial charge in [-0.05, 0) is 61.6 Å². The molecule has 0 radical (unpaired) electrons. The van der Waals surface area contributed by atoms with Crippen LogP contribution in [0, 0.1) is 19.7 Å². The van der Waals surface area contributed by atoms with Crippen LogP contribution in [0.25, 0.3) is 11.3 Å². The second-order valence-electron chi connectivity index (χ2n) is 8.65. The molecule has 1 aromatic carbocycles. The normalized spacial score (nSPS) is 14.9. The molecule has 186 valence electrons. The van der Waals surface area contributed by atoms with Gasteiger partial charge in [-0.3, -0.25) is 0 Å². The Morgan fingerprint density at radius 2 is 1.80 bits per heavy atom. The molecule has 0 saturated carbocycles. The van der Waals surface area contributed by atoms with Gasteiger partial charge in [0.1, 0.15) is 5.82 Å². The van der Waals surface area contributed by atoms with Gasteiger partial charge in [0.25, 0.3) is 0 Å². The SMILES string of the molecule is COc1cc(-c2nnc(N3CCC(NCc4ccc(F)cc4C(F)(F)F)CC3)c(C)c2C)ccn1. The standard InChI is InChI=1S/C25H27F4N5O/c1-15-16(2)24(33-32-23(15)17-6-9-30-22(12-17)35-3)34-10-7-20(8-11-34)31-14-18-4-5-19(26)13-21(18)25(27,28)29/h4-6,9,12-13,20,31H,7-8,10-11,14H2,1-3H3. The van der Waals surface area contributed by atoms with Crippen molar-refractivity contribution in [2.75, 3.05) is 25.1 Å². The molecule has 1 fully saturated rings. The number of hydrogen-bond donors (Lipinski definition) is 1. The summed E-state index contributed by atoms with van der Waals surface area (Å²) in [7, 11) is 1.56. The van der Waals surface area contributed by atoms with Gasteiger partial charge in [0.15, 0.2) is 5.82 Å². The maximum atomic E-state index is 13.3. The van der Waals surface area contributed by atoms with E-state index >= 15 is 0 Å². The van der Waals surface area contributed by atoms with Crippen molar-refractivity contribution in [2.45, 2.75) is 45.5 Å². The van der Waals surface area contributed by atoms with Crippen LogP contribution in [0.3, 0.4) is 0 Å². The van der Waals surface area contributed by atoms with E-state index in [1.54, 1.807) is 13.3 Å². The van der Waals surface area contributed by atoms with Crippen molar-refractivity contribution >= 4 is 5.82 Å². The van der Waals surface area contributed by atoms with E-state index in [-0.39, 0.29) is 18.2 Å². The number of anilines is 1. The zero-order valence-corrected chi connectivity index (χ0v) is 19.8. The van der Waals surface area contributed by atoms with Crippen LogP contribution in [0.2, 0.25) is 0 Å². The average molecular weight is 490 g/mol. The first kappa shape index (κ1) is 24.8. The molecule has 0 bridgehead atoms. The molecule has 3 heterocycles. The van der Waals surface area contributed by atoms with Crippen molar-refractivity contribution in [2.24, 2.45) is 0 Å². The van der Waals surface area contributed by atoms with Crippen molar-refractivity contribution in [3.8, 4) is 17.1 Å². The fraction of sp³-hybridized carbons (Fsp3) is 0.400. The second-order valence-corrected chi connectivity index (χ2v) is 8.65. The molecular formula is C25H27F4N5O. The van der Waals surface area contributed by atoms with Gasteiger partial charge in [-0.1, -0.05) is 6.07 Å². The Bertz CT molecular complexity index is 1190. The smallest absolute Gasteiger partial charge is 0.416 e. The summed E-state index contributed by atoms with van der Waals surface area (Å²) < 4.78 is 58.3. The van der Waals surface area contributed by atoms with E-state index in [0.717, 1.165) is 47.1 Å². The molecule has 1 aliphatic heterocycles. The number of halogens is 4. The van der Waals surface area contributed by atoms with Crippen LogP contribution in [0.5, 0.6) is 5.88 Å². The van der Waals surface area contributed by atoms with Gasteiger partial charge in [-0.15, -0.1) is 10.2 Å². The van der Waals surface area contributed by atoms with Crippen LogP contribution < -0.4 is 15.0 Å². The molecule has 1 N–H and O–H groups in total. The average Bonchev–Trinajstić information content (AvgIpc) is 2.85. The number of hydrogen-bond acceptors (Lipinski definition) is 6. The number of benzene rings is 1. The summed E-state index contributed by atoms with van der Waals surface area (Å²) in [5.41, 5.74) is 2.79. The Morgan fingerprint density at radius 3 is 2.49 bits per heavy atom. The maximum absolute atomic E-state index is 13.3. The number of pyridine rings is 1. The molecule has 2 aromatic heterocycles. The zero-order valence-electron chi connectivity index (χ0n) is 19.8. The zero-order chi connectivity index (χ0) is 25.2. The quantitative estimate of drug-likeness (QED) is 0.488. The molecule has 35 heavy (non-hydrogen) atoms. The minimum atomic E-state index is -4.59. The van der Waals surface area contributed by atoms with Crippen molar-refractivity contribution in [3.63, 3.8) is 0 Å².